The zero-order chi connectivity index (χ0) is 19.2. The summed E-state index contributed by atoms with van der Waals surface area (Å²) in [5, 5.41) is 6.39. The van der Waals surface area contributed by atoms with E-state index in [4.69, 9.17) is 9.47 Å². The van der Waals surface area contributed by atoms with Gasteiger partial charge < -0.3 is 20.1 Å². The van der Waals surface area contributed by atoms with Crippen LogP contribution in [0.3, 0.4) is 0 Å². The monoisotopic (exact) mass is 374 g/mol. The van der Waals surface area contributed by atoms with Crippen LogP contribution in [0.4, 0.5) is 13.2 Å². The predicted molar refractivity (Wildman–Crippen MR) is 91.2 cm³/mol. The van der Waals surface area contributed by atoms with E-state index in [0.717, 1.165) is 31.2 Å². The van der Waals surface area contributed by atoms with E-state index >= 15 is 0 Å². The molecule has 1 aromatic rings. The van der Waals surface area contributed by atoms with Crippen LogP contribution in [-0.2, 0) is 11.3 Å². The Morgan fingerprint density at radius 1 is 1.15 bits per heavy atom. The molecule has 1 fully saturated rings. The number of rotatable bonds is 7. The van der Waals surface area contributed by atoms with Gasteiger partial charge in [-0.3, -0.25) is 4.79 Å². The van der Waals surface area contributed by atoms with E-state index in [0.29, 0.717) is 12.6 Å². The van der Waals surface area contributed by atoms with Gasteiger partial charge in [0.15, 0.2) is 18.1 Å². The van der Waals surface area contributed by atoms with E-state index in [1.54, 1.807) is 12.1 Å². The van der Waals surface area contributed by atoms with Crippen LogP contribution in [0.25, 0.3) is 0 Å². The minimum atomic E-state index is -4.39. The molecule has 0 unspecified atom stereocenters. The Morgan fingerprint density at radius 2 is 1.81 bits per heavy atom. The summed E-state index contributed by atoms with van der Waals surface area (Å²) in [6.07, 6.45) is -0.583. The van der Waals surface area contributed by atoms with Gasteiger partial charge in [-0.2, -0.15) is 13.2 Å². The Labute approximate surface area is 151 Å². The Balaban J connectivity index is 1.83. The molecule has 0 radical (unpaired) electrons. The lowest BCUT2D eigenvalue weighted by Gasteiger charge is -2.29. The van der Waals surface area contributed by atoms with Crippen LogP contribution in [0.15, 0.2) is 18.2 Å². The number of hydrogen-bond acceptors (Lipinski definition) is 4. The van der Waals surface area contributed by atoms with E-state index < -0.39 is 12.8 Å². The van der Waals surface area contributed by atoms with Crippen molar-refractivity contribution in [2.24, 2.45) is 0 Å². The molecule has 5 nitrogen and oxygen atoms in total. The zero-order valence-electron chi connectivity index (χ0n) is 15.0. The molecule has 0 aliphatic heterocycles. The number of methoxy groups -OCH3 is 1. The summed E-state index contributed by atoms with van der Waals surface area (Å²) in [6.45, 7) is 0.768. The minimum Gasteiger partial charge on any atom is -0.493 e. The van der Waals surface area contributed by atoms with Gasteiger partial charge >= 0.3 is 6.18 Å². The largest absolute Gasteiger partial charge is 0.493 e. The van der Waals surface area contributed by atoms with Crippen molar-refractivity contribution < 1.29 is 27.4 Å². The molecule has 8 heteroatoms. The summed E-state index contributed by atoms with van der Waals surface area (Å²) in [7, 11) is 1.40. The zero-order valence-corrected chi connectivity index (χ0v) is 15.0. The van der Waals surface area contributed by atoms with Gasteiger partial charge in [-0.15, -0.1) is 0 Å². The molecule has 1 amide bonds. The van der Waals surface area contributed by atoms with Crippen LogP contribution in [0.1, 0.15) is 38.2 Å². The van der Waals surface area contributed by atoms with Crippen molar-refractivity contribution >= 4 is 5.91 Å². The molecule has 0 saturated heterocycles. The maximum Gasteiger partial charge on any atom is 0.422 e. The van der Waals surface area contributed by atoms with Crippen molar-refractivity contribution in [1.29, 1.82) is 0 Å². The second-order valence-electron chi connectivity index (χ2n) is 6.52. The van der Waals surface area contributed by atoms with Gasteiger partial charge in [0.1, 0.15) is 0 Å². The van der Waals surface area contributed by atoms with E-state index in [1.165, 1.54) is 20.1 Å². The number of amides is 1. The summed E-state index contributed by atoms with van der Waals surface area (Å²) >= 11 is 0. The minimum absolute atomic E-state index is 0.00124. The lowest BCUT2D eigenvalue weighted by Crippen LogP contribution is -2.41. The van der Waals surface area contributed by atoms with E-state index in [-0.39, 0.29) is 23.4 Å². The molecule has 26 heavy (non-hydrogen) atoms. The quantitative estimate of drug-likeness (QED) is 0.770. The highest BCUT2D eigenvalue weighted by Gasteiger charge is 2.29. The third-order valence-corrected chi connectivity index (χ3v) is 4.35. The number of alkyl halides is 3. The first kappa shape index (κ1) is 20.4. The topological polar surface area (TPSA) is 59.6 Å². The standard InChI is InChI=1S/C18H25F3N2O3/c1-12(24)23-15-6-4-14(5-7-15)22-10-13-3-8-16(17(9-13)25-2)26-11-18(19,20)21/h3,8-9,14-15,22H,4-7,10-11H2,1-2H3,(H,23,24). The van der Waals surface area contributed by atoms with Crippen molar-refractivity contribution in [2.45, 2.75) is 57.4 Å². The molecule has 0 bridgehead atoms. The second-order valence-corrected chi connectivity index (χ2v) is 6.52. The maximum absolute atomic E-state index is 12.3. The highest BCUT2D eigenvalue weighted by molar-refractivity contribution is 5.73. The number of hydrogen-bond donors (Lipinski definition) is 2. The van der Waals surface area contributed by atoms with Gasteiger partial charge in [0.25, 0.3) is 0 Å². The van der Waals surface area contributed by atoms with E-state index in [9.17, 15) is 18.0 Å². The molecule has 146 valence electrons. The van der Waals surface area contributed by atoms with Crippen molar-refractivity contribution in [2.75, 3.05) is 13.7 Å². The molecule has 1 saturated carbocycles. The summed E-state index contributed by atoms with van der Waals surface area (Å²) < 4.78 is 46.8. The Hall–Kier alpha value is -1.96. The van der Waals surface area contributed by atoms with Crippen LogP contribution in [-0.4, -0.2) is 37.9 Å². The smallest absolute Gasteiger partial charge is 0.422 e. The average Bonchev–Trinajstić information content (AvgIpc) is 2.58. The highest BCUT2D eigenvalue weighted by Crippen LogP contribution is 2.30. The highest BCUT2D eigenvalue weighted by atomic mass is 19.4. The van der Waals surface area contributed by atoms with E-state index in [1.807, 2.05) is 0 Å². The van der Waals surface area contributed by atoms with Crippen LogP contribution in [0.2, 0.25) is 0 Å². The Kier molecular flexibility index (Phi) is 7.14. The number of halogens is 3. The fourth-order valence-corrected chi connectivity index (χ4v) is 3.09. The average molecular weight is 374 g/mol. The molecule has 1 aliphatic carbocycles. The summed E-state index contributed by atoms with van der Waals surface area (Å²) in [5.74, 6) is 0.355. The normalized spacial score (nSPS) is 20.5. The maximum atomic E-state index is 12.3. The molecular weight excluding hydrogens is 349 g/mol. The number of carbonyl (C=O) groups is 1. The first-order chi connectivity index (χ1) is 12.3. The Morgan fingerprint density at radius 3 is 2.38 bits per heavy atom. The van der Waals surface area contributed by atoms with Gasteiger partial charge in [-0.25, -0.2) is 0 Å². The number of nitrogens with one attached hydrogen (secondary N) is 2. The number of ether oxygens (including phenoxy) is 2. The molecule has 2 N–H and O–H groups in total. The third kappa shape index (κ3) is 6.74. The van der Waals surface area contributed by atoms with Gasteiger partial charge in [0, 0.05) is 25.6 Å². The molecule has 0 heterocycles. The van der Waals surface area contributed by atoms with E-state index in [2.05, 4.69) is 10.6 Å². The lowest BCUT2D eigenvalue weighted by molar-refractivity contribution is -0.153. The third-order valence-electron chi connectivity index (χ3n) is 4.35. The van der Waals surface area contributed by atoms with Crippen molar-refractivity contribution in [3.8, 4) is 11.5 Å². The molecule has 2 rings (SSSR count). The summed E-state index contributed by atoms with van der Waals surface area (Å²) in [4.78, 5) is 11.1. The fraction of sp³-hybridized carbons (Fsp3) is 0.611. The van der Waals surface area contributed by atoms with Gasteiger partial charge in [0.05, 0.1) is 7.11 Å². The van der Waals surface area contributed by atoms with Gasteiger partial charge in [-0.05, 0) is 43.4 Å². The van der Waals surface area contributed by atoms with Crippen molar-refractivity contribution in [3.63, 3.8) is 0 Å². The molecular formula is C18H25F3N2O3. The lowest BCUT2D eigenvalue weighted by atomic mass is 9.91. The van der Waals surface area contributed by atoms with Gasteiger partial charge in [-0.1, -0.05) is 6.07 Å². The molecule has 1 aromatic carbocycles. The summed E-state index contributed by atoms with van der Waals surface area (Å²) in [5.41, 5.74) is 0.908. The summed E-state index contributed by atoms with van der Waals surface area (Å²) in [6, 6.07) is 5.50. The van der Waals surface area contributed by atoms with Crippen LogP contribution >= 0.6 is 0 Å². The number of carbonyl (C=O) groups excluding carboxylic acids is 1. The number of benzene rings is 1. The Bertz CT molecular complexity index is 600. The predicted octanol–water partition coefficient (Wildman–Crippen LogP) is 3.17. The van der Waals surface area contributed by atoms with Crippen LogP contribution in [0, 0.1) is 0 Å². The van der Waals surface area contributed by atoms with Crippen molar-refractivity contribution in [1.82, 2.24) is 10.6 Å². The first-order valence-electron chi connectivity index (χ1n) is 8.64. The van der Waals surface area contributed by atoms with Crippen molar-refractivity contribution in [3.05, 3.63) is 23.8 Å². The van der Waals surface area contributed by atoms with Gasteiger partial charge in [0.2, 0.25) is 5.91 Å². The molecule has 0 spiro atoms. The molecule has 0 aromatic heterocycles. The molecule has 0 atom stereocenters. The van der Waals surface area contributed by atoms with Crippen LogP contribution < -0.4 is 20.1 Å². The fourth-order valence-electron chi connectivity index (χ4n) is 3.09. The first-order valence-corrected chi connectivity index (χ1v) is 8.64. The molecule has 1 aliphatic rings. The van der Waals surface area contributed by atoms with Crippen LogP contribution in [0.5, 0.6) is 11.5 Å². The second kappa shape index (κ2) is 9.12. The SMILES string of the molecule is COc1cc(CNC2CCC(NC(C)=O)CC2)ccc1OCC(F)(F)F.